The number of nitrogens with one attached hydrogen (secondary N) is 1. The van der Waals surface area contributed by atoms with Crippen molar-refractivity contribution < 1.29 is 4.79 Å². The number of halogens is 2. The second-order valence-corrected chi connectivity index (χ2v) is 8.45. The van der Waals surface area contributed by atoms with Crippen LogP contribution in [0.25, 0.3) is 11.0 Å². The fourth-order valence-corrected chi connectivity index (χ4v) is 3.87. The molecule has 1 heterocycles. The average molecular weight is 416 g/mol. The fraction of sp³-hybridized carbons (Fsp3) is 0.364. The fourth-order valence-electron chi connectivity index (χ4n) is 3.39. The highest BCUT2D eigenvalue weighted by molar-refractivity contribution is 6.35. The Morgan fingerprint density at radius 3 is 2.64 bits per heavy atom. The van der Waals surface area contributed by atoms with E-state index in [9.17, 15) is 4.79 Å². The van der Waals surface area contributed by atoms with Crippen LogP contribution in [0.3, 0.4) is 0 Å². The smallest absolute Gasteiger partial charge is 0.222 e. The number of carbonyl (C=O) groups is 1. The molecule has 0 aliphatic heterocycles. The summed E-state index contributed by atoms with van der Waals surface area (Å²) in [5.41, 5.74) is 5.40. The number of fused-ring (bicyclic) bond motifs is 1. The Morgan fingerprint density at radius 2 is 1.93 bits per heavy atom. The third kappa shape index (κ3) is 4.18. The molecular formula is C22H23Cl2N3O. The highest BCUT2D eigenvalue weighted by atomic mass is 35.5. The molecule has 1 fully saturated rings. The molecule has 1 aliphatic carbocycles. The lowest BCUT2D eigenvalue weighted by Gasteiger charge is -2.11. The first-order chi connectivity index (χ1) is 13.4. The summed E-state index contributed by atoms with van der Waals surface area (Å²) in [5.74, 6) is 1.01. The van der Waals surface area contributed by atoms with Crippen molar-refractivity contribution in [1.82, 2.24) is 14.9 Å². The molecule has 28 heavy (non-hydrogen) atoms. The van der Waals surface area contributed by atoms with Crippen molar-refractivity contribution in [2.24, 2.45) is 0 Å². The molecule has 146 valence electrons. The highest BCUT2D eigenvalue weighted by Gasteiger charge is 2.23. The summed E-state index contributed by atoms with van der Waals surface area (Å²) in [6.45, 7) is 4.78. The normalized spacial score (nSPS) is 13.9. The van der Waals surface area contributed by atoms with E-state index in [1.165, 1.54) is 11.1 Å². The van der Waals surface area contributed by atoms with Crippen LogP contribution in [0, 0.1) is 13.8 Å². The van der Waals surface area contributed by atoms with E-state index in [-0.39, 0.29) is 5.91 Å². The van der Waals surface area contributed by atoms with Crippen LogP contribution in [0.4, 0.5) is 0 Å². The van der Waals surface area contributed by atoms with E-state index in [0.717, 1.165) is 35.3 Å². The Bertz CT molecular complexity index is 1050. The Kier molecular flexibility index (Phi) is 5.35. The zero-order valence-corrected chi connectivity index (χ0v) is 17.6. The van der Waals surface area contributed by atoms with Crippen molar-refractivity contribution in [2.45, 2.75) is 52.1 Å². The summed E-state index contributed by atoms with van der Waals surface area (Å²) in [5, 5.41) is 4.31. The SMILES string of the molecule is Cc1cc2nc(Cc3ccc(Cl)cc3Cl)n(CCC(=O)NC3CC3)c2cc1C. The van der Waals surface area contributed by atoms with Gasteiger partial charge in [-0.15, -0.1) is 0 Å². The summed E-state index contributed by atoms with van der Waals surface area (Å²) in [6.07, 6.45) is 3.22. The quantitative estimate of drug-likeness (QED) is 0.599. The molecule has 0 unspecified atom stereocenters. The van der Waals surface area contributed by atoms with Crippen LogP contribution in [0.15, 0.2) is 30.3 Å². The molecule has 0 atom stereocenters. The lowest BCUT2D eigenvalue weighted by Crippen LogP contribution is -2.26. The second-order valence-electron chi connectivity index (χ2n) is 7.61. The molecule has 0 bridgehead atoms. The Hall–Kier alpha value is -2.04. The van der Waals surface area contributed by atoms with Crippen LogP contribution in [-0.4, -0.2) is 21.5 Å². The van der Waals surface area contributed by atoms with Crippen molar-refractivity contribution in [3.8, 4) is 0 Å². The van der Waals surface area contributed by atoms with Gasteiger partial charge in [-0.2, -0.15) is 0 Å². The second kappa shape index (κ2) is 7.76. The van der Waals surface area contributed by atoms with E-state index in [1.54, 1.807) is 6.07 Å². The molecule has 1 aliphatic rings. The molecule has 3 aromatic rings. The van der Waals surface area contributed by atoms with E-state index in [2.05, 4.69) is 35.9 Å². The largest absolute Gasteiger partial charge is 0.353 e. The predicted molar refractivity (Wildman–Crippen MR) is 114 cm³/mol. The Labute approximate surface area is 174 Å². The number of nitrogens with zero attached hydrogens (tertiary/aromatic N) is 2. The molecule has 1 aromatic heterocycles. The minimum atomic E-state index is 0.101. The average Bonchev–Trinajstić information content (AvgIpc) is 3.38. The first-order valence-corrected chi connectivity index (χ1v) is 10.4. The maximum absolute atomic E-state index is 12.2. The van der Waals surface area contributed by atoms with Gasteiger partial charge in [-0.25, -0.2) is 4.98 Å². The lowest BCUT2D eigenvalue weighted by atomic mass is 10.1. The van der Waals surface area contributed by atoms with Gasteiger partial charge >= 0.3 is 0 Å². The van der Waals surface area contributed by atoms with Crippen LogP contribution < -0.4 is 5.32 Å². The number of aromatic nitrogens is 2. The van der Waals surface area contributed by atoms with E-state index >= 15 is 0 Å². The third-order valence-corrected chi connectivity index (χ3v) is 5.90. The van der Waals surface area contributed by atoms with Crippen molar-refractivity contribution in [3.05, 3.63) is 62.9 Å². The maximum atomic E-state index is 12.2. The molecule has 1 amide bonds. The van der Waals surface area contributed by atoms with Crippen molar-refractivity contribution >= 4 is 40.1 Å². The van der Waals surface area contributed by atoms with Gasteiger partial charge in [-0.05, 0) is 67.6 Å². The molecule has 4 nitrogen and oxygen atoms in total. The molecule has 0 radical (unpaired) electrons. The van der Waals surface area contributed by atoms with Gasteiger partial charge in [0.25, 0.3) is 0 Å². The van der Waals surface area contributed by atoms with E-state index < -0.39 is 0 Å². The van der Waals surface area contributed by atoms with Crippen LogP contribution in [0.5, 0.6) is 0 Å². The minimum absolute atomic E-state index is 0.101. The van der Waals surface area contributed by atoms with E-state index in [0.29, 0.717) is 35.5 Å². The summed E-state index contributed by atoms with van der Waals surface area (Å²) >= 11 is 12.4. The van der Waals surface area contributed by atoms with Gasteiger partial charge in [0.1, 0.15) is 5.82 Å². The standard InChI is InChI=1S/C22H23Cl2N3O/c1-13-9-19-20(10-14(13)2)27(8-7-22(28)25-17-5-6-17)21(26-19)11-15-3-4-16(23)12-18(15)24/h3-4,9-10,12,17H,5-8,11H2,1-2H3,(H,25,28). The number of amides is 1. The van der Waals surface area contributed by atoms with Gasteiger partial charge in [0.2, 0.25) is 5.91 Å². The number of carbonyl (C=O) groups excluding carboxylic acids is 1. The number of rotatable bonds is 6. The highest BCUT2D eigenvalue weighted by Crippen LogP contribution is 2.27. The minimum Gasteiger partial charge on any atom is -0.353 e. The summed E-state index contributed by atoms with van der Waals surface area (Å²) in [6, 6.07) is 10.2. The van der Waals surface area contributed by atoms with Gasteiger partial charge in [0, 0.05) is 35.5 Å². The van der Waals surface area contributed by atoms with Crippen molar-refractivity contribution in [3.63, 3.8) is 0 Å². The monoisotopic (exact) mass is 415 g/mol. The summed E-state index contributed by atoms with van der Waals surface area (Å²) < 4.78 is 2.15. The molecule has 4 rings (SSSR count). The molecule has 6 heteroatoms. The van der Waals surface area contributed by atoms with Gasteiger partial charge in [-0.1, -0.05) is 29.3 Å². The predicted octanol–water partition coefficient (Wildman–Crippen LogP) is 5.22. The zero-order chi connectivity index (χ0) is 19.8. The molecule has 0 saturated heterocycles. The van der Waals surface area contributed by atoms with E-state index in [1.807, 2.05) is 12.1 Å². The number of imidazole rings is 1. The molecule has 2 aromatic carbocycles. The number of aryl methyl sites for hydroxylation is 3. The molecular weight excluding hydrogens is 393 g/mol. The first kappa shape index (κ1) is 19.3. The number of hydrogen-bond acceptors (Lipinski definition) is 2. The number of benzene rings is 2. The third-order valence-electron chi connectivity index (χ3n) is 5.31. The summed E-state index contributed by atoms with van der Waals surface area (Å²) in [7, 11) is 0. The molecule has 1 saturated carbocycles. The molecule has 0 spiro atoms. The summed E-state index contributed by atoms with van der Waals surface area (Å²) in [4.78, 5) is 17.1. The number of hydrogen-bond donors (Lipinski definition) is 1. The van der Waals surface area contributed by atoms with Gasteiger partial charge in [0.05, 0.1) is 11.0 Å². The van der Waals surface area contributed by atoms with Crippen molar-refractivity contribution in [1.29, 1.82) is 0 Å². The maximum Gasteiger partial charge on any atom is 0.222 e. The van der Waals surface area contributed by atoms with Crippen LogP contribution in [0.2, 0.25) is 10.0 Å². The van der Waals surface area contributed by atoms with Crippen LogP contribution in [-0.2, 0) is 17.8 Å². The lowest BCUT2D eigenvalue weighted by molar-refractivity contribution is -0.121. The zero-order valence-electron chi connectivity index (χ0n) is 16.1. The van der Waals surface area contributed by atoms with Crippen LogP contribution in [0.1, 0.15) is 41.8 Å². The Balaban J connectivity index is 1.67. The van der Waals surface area contributed by atoms with Gasteiger partial charge in [-0.3, -0.25) is 4.79 Å². The molecule has 1 N–H and O–H groups in total. The van der Waals surface area contributed by atoms with Gasteiger partial charge < -0.3 is 9.88 Å². The van der Waals surface area contributed by atoms with E-state index in [4.69, 9.17) is 28.2 Å². The van der Waals surface area contributed by atoms with Gasteiger partial charge in [0.15, 0.2) is 0 Å². The Morgan fingerprint density at radius 1 is 1.18 bits per heavy atom. The van der Waals surface area contributed by atoms with Crippen LogP contribution >= 0.6 is 23.2 Å². The topological polar surface area (TPSA) is 46.9 Å². The first-order valence-electron chi connectivity index (χ1n) is 9.60. The van der Waals surface area contributed by atoms with Crippen molar-refractivity contribution in [2.75, 3.05) is 0 Å².